The first-order chi connectivity index (χ1) is 17.9. The average Bonchev–Trinajstić information content (AvgIpc) is 2.95. The number of phenolic OH excluding ortho intramolecular Hbond substituents is 2. The molecule has 0 bridgehead atoms. The van der Waals surface area contributed by atoms with Gasteiger partial charge in [-0.25, -0.2) is 17.6 Å². The first-order valence-electron chi connectivity index (χ1n) is 10.1. The largest absolute Gasteiger partial charge is 0.503 e. The Balaban J connectivity index is 0.000000201. The zero-order valence-corrected chi connectivity index (χ0v) is 21.8. The summed E-state index contributed by atoms with van der Waals surface area (Å²) < 4.78 is 97.3. The van der Waals surface area contributed by atoms with Crippen molar-refractivity contribution in [3.05, 3.63) is 116 Å². The summed E-state index contributed by atoms with van der Waals surface area (Å²) >= 11 is 4.55. The second-order valence-corrected chi connectivity index (χ2v) is 8.63. The molecular formula is C24H14Br2F8N2O2. The molecule has 0 unspecified atom stereocenters. The van der Waals surface area contributed by atoms with E-state index in [1.165, 1.54) is 11.1 Å². The van der Waals surface area contributed by atoms with E-state index in [0.29, 0.717) is 0 Å². The number of hydrogen-bond acceptors (Lipinski definition) is 4. The lowest BCUT2D eigenvalue weighted by atomic mass is 10.1. The van der Waals surface area contributed by atoms with Gasteiger partial charge in [0.25, 0.3) is 0 Å². The van der Waals surface area contributed by atoms with Gasteiger partial charge in [0.2, 0.25) is 23.3 Å². The van der Waals surface area contributed by atoms with Crippen LogP contribution in [0.2, 0.25) is 0 Å². The number of nitrogens with zero attached hydrogens (tertiary/aromatic N) is 2. The highest BCUT2D eigenvalue weighted by atomic mass is 79.9. The third-order valence-electron chi connectivity index (χ3n) is 4.57. The van der Waals surface area contributed by atoms with Crippen molar-refractivity contribution in [2.45, 2.75) is 12.8 Å². The molecule has 0 saturated heterocycles. The van der Waals surface area contributed by atoms with Crippen LogP contribution >= 0.6 is 31.9 Å². The molecule has 0 fully saturated rings. The Kier molecular flexibility index (Phi) is 11.4. The minimum absolute atomic E-state index is 0.977. The molecule has 202 valence electrons. The zero-order chi connectivity index (χ0) is 28.6. The molecule has 0 atom stereocenters. The highest BCUT2D eigenvalue weighted by Gasteiger charge is 2.24. The lowest BCUT2D eigenvalue weighted by molar-refractivity contribution is 0.353. The second-order valence-electron chi connectivity index (χ2n) is 7.05. The van der Waals surface area contributed by atoms with Crippen molar-refractivity contribution in [3.63, 3.8) is 0 Å². The highest BCUT2D eigenvalue weighted by molar-refractivity contribution is 9.10. The van der Waals surface area contributed by atoms with Crippen LogP contribution in [-0.2, 0) is 12.8 Å². The quantitative estimate of drug-likeness (QED) is 0.133. The molecule has 0 amide bonds. The number of rotatable bonds is 3. The van der Waals surface area contributed by atoms with E-state index in [1.807, 2.05) is 24.8 Å². The molecule has 4 aromatic rings. The van der Waals surface area contributed by atoms with E-state index in [4.69, 9.17) is 10.2 Å². The SMILES string of the molecule is Oc1c(F)c(F)c(Br)c(F)c1F.Oc1c(F)c(F)c(Br)c(F)c1F.c1cc(CCc2ccncc2)ccn1. The molecule has 2 aromatic heterocycles. The first kappa shape index (κ1) is 31.0. The van der Waals surface area contributed by atoms with Gasteiger partial charge in [-0.3, -0.25) is 9.97 Å². The minimum Gasteiger partial charge on any atom is -0.503 e. The highest BCUT2D eigenvalue weighted by Crippen LogP contribution is 2.32. The van der Waals surface area contributed by atoms with Crippen LogP contribution in [0.1, 0.15) is 11.1 Å². The minimum atomic E-state index is -1.82. The molecule has 4 rings (SSSR count). The van der Waals surface area contributed by atoms with Crippen molar-refractivity contribution in [3.8, 4) is 11.5 Å². The van der Waals surface area contributed by atoms with Crippen LogP contribution in [0.25, 0.3) is 0 Å². The number of benzene rings is 2. The molecule has 0 aliphatic carbocycles. The van der Waals surface area contributed by atoms with E-state index in [1.54, 1.807) is 0 Å². The summed E-state index contributed by atoms with van der Waals surface area (Å²) in [6.07, 6.45) is 9.46. The van der Waals surface area contributed by atoms with E-state index in [2.05, 4.69) is 66.1 Å². The Labute approximate surface area is 226 Å². The van der Waals surface area contributed by atoms with E-state index in [9.17, 15) is 35.1 Å². The van der Waals surface area contributed by atoms with Crippen LogP contribution in [-0.4, -0.2) is 20.2 Å². The third-order valence-corrected chi connectivity index (χ3v) is 5.97. The topological polar surface area (TPSA) is 66.2 Å². The van der Waals surface area contributed by atoms with Crippen LogP contribution in [0.5, 0.6) is 11.5 Å². The van der Waals surface area contributed by atoms with E-state index in [-0.39, 0.29) is 0 Å². The number of aryl methyl sites for hydroxylation is 2. The lowest BCUT2D eigenvalue weighted by Crippen LogP contribution is -1.96. The van der Waals surface area contributed by atoms with Crippen molar-refractivity contribution in [2.75, 3.05) is 0 Å². The molecule has 0 saturated carbocycles. The van der Waals surface area contributed by atoms with E-state index >= 15 is 0 Å². The predicted molar refractivity (Wildman–Crippen MR) is 127 cm³/mol. The van der Waals surface area contributed by atoms with Gasteiger partial charge in [0.05, 0.1) is 8.95 Å². The van der Waals surface area contributed by atoms with Gasteiger partial charge in [-0.15, -0.1) is 0 Å². The summed E-state index contributed by atoms with van der Waals surface area (Å²) in [7, 11) is 0. The van der Waals surface area contributed by atoms with Crippen LogP contribution in [0.3, 0.4) is 0 Å². The van der Waals surface area contributed by atoms with Gasteiger partial charge in [-0.2, -0.15) is 17.6 Å². The zero-order valence-electron chi connectivity index (χ0n) is 18.6. The Morgan fingerprint density at radius 1 is 0.474 bits per heavy atom. The summed E-state index contributed by atoms with van der Waals surface area (Å²) in [5.74, 6) is -17.2. The number of pyridine rings is 2. The van der Waals surface area contributed by atoms with Gasteiger partial charge in [0.15, 0.2) is 34.8 Å². The van der Waals surface area contributed by atoms with Gasteiger partial charge in [-0.1, -0.05) is 0 Å². The molecule has 0 aliphatic heterocycles. The maximum atomic E-state index is 12.4. The number of phenols is 2. The maximum Gasteiger partial charge on any atom is 0.204 e. The summed E-state index contributed by atoms with van der Waals surface area (Å²) in [5.41, 5.74) is 2.66. The standard InChI is InChI=1S/C12H12N2.2C6HBrF4O/c1(11-3-7-13-8-4-11)2-12-5-9-14-10-6-12;2*7-1-2(8)4(10)6(12)5(11)3(1)9/h3-10H,1-2H2;2*12H. The van der Waals surface area contributed by atoms with Gasteiger partial charge in [0, 0.05) is 24.8 Å². The van der Waals surface area contributed by atoms with Crippen LogP contribution < -0.4 is 0 Å². The fourth-order valence-corrected chi connectivity index (χ4v) is 3.27. The van der Waals surface area contributed by atoms with E-state index < -0.39 is 67.0 Å². The van der Waals surface area contributed by atoms with Gasteiger partial charge in [-0.05, 0) is 80.1 Å². The molecule has 2 N–H and O–H groups in total. The summed E-state index contributed by atoms with van der Waals surface area (Å²) in [6, 6.07) is 8.23. The summed E-state index contributed by atoms with van der Waals surface area (Å²) in [4.78, 5) is 7.98. The molecule has 4 nitrogen and oxygen atoms in total. The molecule has 0 aliphatic rings. The van der Waals surface area contributed by atoms with Gasteiger partial charge >= 0.3 is 0 Å². The van der Waals surface area contributed by atoms with Crippen molar-refractivity contribution in [1.82, 2.24) is 9.97 Å². The average molecular weight is 674 g/mol. The first-order valence-corrected chi connectivity index (χ1v) is 11.7. The predicted octanol–water partition coefficient (Wildman–Crippen LogP) is 7.68. The molecule has 2 heterocycles. The van der Waals surface area contributed by atoms with Crippen molar-refractivity contribution in [1.29, 1.82) is 0 Å². The monoisotopic (exact) mass is 672 g/mol. The molecule has 14 heteroatoms. The van der Waals surface area contributed by atoms with Gasteiger partial charge < -0.3 is 10.2 Å². The lowest BCUT2D eigenvalue weighted by Gasteiger charge is -2.02. The molecular weight excluding hydrogens is 660 g/mol. The number of aromatic hydroxyl groups is 2. The van der Waals surface area contributed by atoms with Gasteiger partial charge in [0.1, 0.15) is 0 Å². The fourth-order valence-electron chi connectivity index (χ4n) is 2.57. The molecule has 0 spiro atoms. The van der Waals surface area contributed by atoms with Crippen LogP contribution in [0, 0.1) is 46.5 Å². The molecule has 0 radical (unpaired) electrons. The third kappa shape index (κ3) is 7.63. The van der Waals surface area contributed by atoms with Crippen molar-refractivity contribution >= 4 is 31.9 Å². The second kappa shape index (κ2) is 14.0. The number of halogens is 10. The summed E-state index contributed by atoms with van der Waals surface area (Å²) in [5, 5.41) is 16.9. The van der Waals surface area contributed by atoms with Crippen LogP contribution in [0.15, 0.2) is 58.0 Å². The Bertz CT molecular complexity index is 1080. The smallest absolute Gasteiger partial charge is 0.204 e. The normalized spacial score (nSPS) is 10.3. The Morgan fingerprint density at radius 3 is 0.947 bits per heavy atom. The summed E-state index contributed by atoms with van der Waals surface area (Å²) in [6.45, 7) is 0. The fraction of sp³-hybridized carbons (Fsp3) is 0.0833. The van der Waals surface area contributed by atoms with E-state index in [0.717, 1.165) is 12.8 Å². The van der Waals surface area contributed by atoms with Crippen molar-refractivity contribution in [2.24, 2.45) is 0 Å². The Hall–Kier alpha value is -3.26. The molecule has 2 aromatic carbocycles. The number of aromatic nitrogens is 2. The maximum absolute atomic E-state index is 12.4. The number of hydrogen-bond donors (Lipinski definition) is 2. The Morgan fingerprint density at radius 2 is 0.711 bits per heavy atom. The van der Waals surface area contributed by atoms with Crippen LogP contribution in [0.4, 0.5) is 35.1 Å². The molecule has 38 heavy (non-hydrogen) atoms. The van der Waals surface area contributed by atoms with Crippen molar-refractivity contribution < 1.29 is 45.3 Å².